The Balaban J connectivity index is 1.45. The van der Waals surface area contributed by atoms with Gasteiger partial charge in [-0.1, -0.05) is 12.1 Å². The average molecular weight is 480 g/mol. The smallest absolute Gasteiger partial charge is 0.301 e. The lowest BCUT2D eigenvalue weighted by molar-refractivity contribution is -0.0330. The Kier molecular flexibility index (Phi) is 6.13. The molecule has 0 spiro atoms. The van der Waals surface area contributed by atoms with Gasteiger partial charge in [-0.15, -0.1) is 0 Å². The van der Waals surface area contributed by atoms with Gasteiger partial charge in [0.15, 0.2) is 17.4 Å². The first-order valence-electron chi connectivity index (χ1n) is 9.54. The van der Waals surface area contributed by atoms with Crippen molar-refractivity contribution in [3.8, 4) is 11.6 Å². The Morgan fingerprint density at radius 1 is 1.21 bits per heavy atom. The van der Waals surface area contributed by atoms with Crippen LogP contribution in [0.25, 0.3) is 11.2 Å². The molecule has 0 unspecified atom stereocenters. The Bertz CT molecular complexity index is 1280. The molecule has 0 radical (unpaired) electrons. The molecule has 4 rings (SSSR count). The third kappa shape index (κ3) is 4.44. The molecule has 3 aromatic rings. The number of nitrogens with one attached hydrogen (secondary N) is 2. The van der Waals surface area contributed by atoms with Crippen molar-refractivity contribution >= 4 is 27.3 Å². The number of methoxy groups -OCH3 is 1. The van der Waals surface area contributed by atoms with Crippen LogP contribution in [0, 0.1) is 0 Å². The first kappa shape index (κ1) is 22.8. The molecule has 1 aliphatic heterocycles. The molecule has 2 aromatic heterocycles. The van der Waals surface area contributed by atoms with Crippen molar-refractivity contribution in [3.05, 3.63) is 42.5 Å². The first-order chi connectivity index (χ1) is 15.7. The second-order valence-corrected chi connectivity index (χ2v) is 8.55. The Hall–Kier alpha value is -3.37. The van der Waals surface area contributed by atoms with Crippen LogP contribution in [0.4, 0.5) is 0 Å². The highest BCUT2D eigenvalue weighted by Crippen LogP contribution is 2.32. The normalized spacial score (nSPS) is 23.0. The van der Waals surface area contributed by atoms with Gasteiger partial charge in [-0.25, -0.2) is 14.7 Å². The highest BCUT2D eigenvalue weighted by Gasteiger charge is 2.44. The van der Waals surface area contributed by atoms with Gasteiger partial charge in [-0.3, -0.25) is 9.36 Å². The number of nitrogens with zero attached hydrogens (tertiary/aromatic N) is 4. The number of para-hydroxylation sites is 1. The fourth-order valence-electron chi connectivity index (χ4n) is 3.36. The molecule has 1 fully saturated rings. The van der Waals surface area contributed by atoms with Gasteiger partial charge in [0, 0.05) is 6.54 Å². The summed E-state index contributed by atoms with van der Waals surface area (Å²) >= 11 is 0. The van der Waals surface area contributed by atoms with Gasteiger partial charge in [0.05, 0.1) is 19.0 Å². The Morgan fingerprint density at radius 3 is 2.70 bits per heavy atom. The number of benzene rings is 1. The summed E-state index contributed by atoms with van der Waals surface area (Å²) in [6.07, 6.45) is -2.64. The van der Waals surface area contributed by atoms with Gasteiger partial charge in [-0.2, -0.15) is 18.1 Å². The first-order valence-corrected chi connectivity index (χ1v) is 11.0. The van der Waals surface area contributed by atoms with E-state index in [1.807, 2.05) is 0 Å². The third-order valence-corrected chi connectivity index (χ3v) is 5.98. The second kappa shape index (κ2) is 8.87. The predicted octanol–water partition coefficient (Wildman–Crippen LogP) is -1.58. The van der Waals surface area contributed by atoms with Crippen molar-refractivity contribution in [2.45, 2.75) is 24.5 Å². The number of fused-ring (bicyclic) bond motifs is 1. The monoisotopic (exact) mass is 480 g/mol. The molecule has 3 heterocycles. The number of carbonyl (C=O) groups excluding carboxylic acids is 1. The van der Waals surface area contributed by atoms with E-state index >= 15 is 0 Å². The molecule has 0 bridgehead atoms. The summed E-state index contributed by atoms with van der Waals surface area (Å²) in [4.78, 5) is 24.3. The number of hydrogen-bond donors (Lipinski definition) is 5. The zero-order valence-corrected chi connectivity index (χ0v) is 17.9. The summed E-state index contributed by atoms with van der Waals surface area (Å²) in [7, 11) is -2.97. The van der Waals surface area contributed by atoms with E-state index in [4.69, 9.17) is 9.47 Å². The van der Waals surface area contributed by atoms with E-state index in [-0.39, 0.29) is 17.1 Å². The number of ether oxygens (including phenoxy) is 2. The number of imidazole rings is 1. The van der Waals surface area contributed by atoms with Gasteiger partial charge in [0.2, 0.25) is 5.88 Å². The van der Waals surface area contributed by atoms with Crippen LogP contribution in [0.5, 0.6) is 11.6 Å². The minimum Gasteiger partial charge on any atom is -0.507 e. The maximum Gasteiger partial charge on any atom is 0.301 e. The number of aromatic hydroxyl groups is 1. The van der Waals surface area contributed by atoms with Crippen LogP contribution in [0.3, 0.4) is 0 Å². The topological polar surface area (TPSA) is 198 Å². The summed E-state index contributed by atoms with van der Waals surface area (Å²) in [5.41, 5.74) is 0.343. The van der Waals surface area contributed by atoms with Crippen LogP contribution in [0.15, 0.2) is 36.9 Å². The summed E-state index contributed by atoms with van der Waals surface area (Å²) in [5, 5.41) is 30.5. The molecule has 15 heteroatoms. The van der Waals surface area contributed by atoms with E-state index in [0.717, 1.165) is 0 Å². The fourth-order valence-corrected chi connectivity index (χ4v) is 4.17. The van der Waals surface area contributed by atoms with Crippen molar-refractivity contribution in [1.29, 1.82) is 0 Å². The average Bonchev–Trinajstić information content (AvgIpc) is 3.33. The quantitative estimate of drug-likeness (QED) is 0.262. The summed E-state index contributed by atoms with van der Waals surface area (Å²) in [5.74, 6) is -1.24. The minimum atomic E-state index is -4.38. The van der Waals surface area contributed by atoms with E-state index in [1.54, 1.807) is 4.72 Å². The number of phenolic OH excluding ortho intramolecular Hbond substituents is 1. The number of hydrogen-bond acceptors (Lipinski definition) is 11. The van der Waals surface area contributed by atoms with E-state index in [0.29, 0.717) is 5.52 Å². The number of rotatable bonds is 7. The summed E-state index contributed by atoms with van der Waals surface area (Å²) in [6, 6.07) is 5.42. The highest BCUT2D eigenvalue weighted by molar-refractivity contribution is 7.88. The lowest BCUT2D eigenvalue weighted by Gasteiger charge is -2.16. The molecular formula is C18H20N6O8S. The Labute approximate surface area is 187 Å². The molecule has 1 aliphatic rings. The number of aliphatic hydroxyl groups excluding tert-OH is 2. The van der Waals surface area contributed by atoms with Crippen LogP contribution in [-0.4, -0.2) is 81.1 Å². The summed E-state index contributed by atoms with van der Waals surface area (Å²) < 4.78 is 40.5. The molecule has 5 N–H and O–H groups in total. The molecule has 4 atom stereocenters. The number of amides is 1. The van der Waals surface area contributed by atoms with Crippen molar-refractivity contribution < 1.29 is 38.0 Å². The number of aromatic nitrogens is 4. The van der Waals surface area contributed by atoms with Gasteiger partial charge in [-0.05, 0) is 12.1 Å². The van der Waals surface area contributed by atoms with E-state index < -0.39 is 53.0 Å². The standard InChI is InChI=1S/C18H20N6O8S/c1-31-17-12-15(19-7-20-17)24(8-21-12)18-14(27)13(26)11(32-18)6-22-33(29,30)23-16(28)9-4-2-3-5-10(9)25/h2-5,7-8,11,13-14,18,22,25-27H,6H2,1H3,(H,23,28)/t11-,13-,14-,18-/m1/s1. The minimum absolute atomic E-state index is 0.205. The molecule has 1 saturated heterocycles. The SMILES string of the molecule is COc1ncnc2c1ncn2[C@@H]1O[C@H](CNS(=O)(=O)NC(=O)c2ccccc2O)[C@@H](O)[C@H]1O. The zero-order chi connectivity index (χ0) is 23.8. The van der Waals surface area contributed by atoms with Gasteiger partial charge in [0.1, 0.15) is 30.4 Å². The zero-order valence-electron chi connectivity index (χ0n) is 17.1. The molecule has 33 heavy (non-hydrogen) atoms. The predicted molar refractivity (Wildman–Crippen MR) is 110 cm³/mol. The van der Waals surface area contributed by atoms with Crippen molar-refractivity contribution in [2.24, 2.45) is 0 Å². The van der Waals surface area contributed by atoms with Crippen LogP contribution in [0.2, 0.25) is 0 Å². The fraction of sp³-hybridized carbons (Fsp3) is 0.333. The van der Waals surface area contributed by atoms with E-state index in [9.17, 15) is 28.5 Å². The van der Waals surface area contributed by atoms with E-state index in [1.165, 1.54) is 48.6 Å². The molecular weight excluding hydrogens is 460 g/mol. The van der Waals surface area contributed by atoms with Crippen molar-refractivity contribution in [3.63, 3.8) is 0 Å². The molecule has 1 aromatic carbocycles. The third-order valence-electron chi connectivity index (χ3n) is 4.98. The molecule has 14 nitrogen and oxygen atoms in total. The van der Waals surface area contributed by atoms with Crippen LogP contribution < -0.4 is 14.2 Å². The number of aliphatic hydroxyl groups is 2. The number of phenols is 1. The van der Waals surface area contributed by atoms with Crippen LogP contribution in [-0.2, 0) is 14.9 Å². The lowest BCUT2D eigenvalue weighted by atomic mass is 10.1. The maximum absolute atomic E-state index is 12.3. The van der Waals surface area contributed by atoms with E-state index in [2.05, 4.69) is 19.7 Å². The largest absolute Gasteiger partial charge is 0.507 e. The molecule has 1 amide bonds. The second-order valence-electron chi connectivity index (χ2n) is 7.05. The van der Waals surface area contributed by atoms with Crippen LogP contribution in [0.1, 0.15) is 16.6 Å². The summed E-state index contributed by atoms with van der Waals surface area (Å²) in [6.45, 7) is -0.469. The molecule has 176 valence electrons. The van der Waals surface area contributed by atoms with Gasteiger partial charge >= 0.3 is 10.2 Å². The maximum atomic E-state index is 12.3. The van der Waals surface area contributed by atoms with Crippen molar-refractivity contribution in [1.82, 2.24) is 29.0 Å². The van der Waals surface area contributed by atoms with Gasteiger partial charge in [0.25, 0.3) is 5.91 Å². The Morgan fingerprint density at radius 2 is 1.97 bits per heavy atom. The lowest BCUT2D eigenvalue weighted by Crippen LogP contribution is -2.45. The van der Waals surface area contributed by atoms with Gasteiger partial charge < -0.3 is 24.8 Å². The van der Waals surface area contributed by atoms with Crippen molar-refractivity contribution in [2.75, 3.05) is 13.7 Å². The molecule has 0 saturated carbocycles. The van der Waals surface area contributed by atoms with Crippen LogP contribution >= 0.6 is 0 Å². The number of carbonyl (C=O) groups is 1. The molecule has 0 aliphatic carbocycles. The highest BCUT2D eigenvalue weighted by atomic mass is 32.2.